The number of benzene rings is 1. The van der Waals surface area contributed by atoms with E-state index in [4.69, 9.17) is 0 Å². The molecule has 1 aliphatic rings. The molecule has 1 N–H and O–H groups in total. The molecule has 1 aromatic rings. The molecular formula is C13H19FN2O2S. The lowest BCUT2D eigenvalue weighted by molar-refractivity contribution is 0.341. The van der Waals surface area contributed by atoms with E-state index in [-0.39, 0.29) is 10.9 Å². The second-order valence-electron chi connectivity index (χ2n) is 4.81. The molecule has 4 nitrogen and oxygen atoms in total. The lowest BCUT2D eigenvalue weighted by Gasteiger charge is -2.26. The molecule has 1 atom stereocenters. The first kappa shape index (κ1) is 14.4. The summed E-state index contributed by atoms with van der Waals surface area (Å²) in [5.74, 6) is -0.531. The van der Waals surface area contributed by atoms with Crippen molar-refractivity contribution >= 4 is 10.0 Å². The van der Waals surface area contributed by atoms with Gasteiger partial charge in [0.1, 0.15) is 5.82 Å². The van der Waals surface area contributed by atoms with Gasteiger partial charge in [0, 0.05) is 13.1 Å². The van der Waals surface area contributed by atoms with Crippen LogP contribution in [0.4, 0.5) is 4.39 Å². The molecule has 0 aliphatic carbocycles. The van der Waals surface area contributed by atoms with Crippen LogP contribution in [0.25, 0.3) is 0 Å². The highest BCUT2D eigenvalue weighted by Crippen LogP contribution is 2.21. The van der Waals surface area contributed by atoms with Gasteiger partial charge >= 0.3 is 0 Å². The Hall–Kier alpha value is -0.980. The molecule has 0 radical (unpaired) electrons. The fraction of sp³-hybridized carbons (Fsp3) is 0.538. The van der Waals surface area contributed by atoms with Crippen molar-refractivity contribution in [3.8, 4) is 0 Å². The number of rotatable bonds is 3. The first-order valence-corrected chi connectivity index (χ1v) is 7.90. The smallest absolute Gasteiger partial charge is 0.243 e. The van der Waals surface area contributed by atoms with Crippen molar-refractivity contribution in [2.45, 2.75) is 30.2 Å². The fourth-order valence-corrected chi connectivity index (χ4v) is 3.80. The maximum Gasteiger partial charge on any atom is 0.243 e. The van der Waals surface area contributed by atoms with Gasteiger partial charge in [0.2, 0.25) is 10.0 Å². The zero-order chi connectivity index (χ0) is 13.9. The minimum atomic E-state index is -3.61. The molecule has 6 heteroatoms. The summed E-state index contributed by atoms with van der Waals surface area (Å²) in [6.07, 6.45) is 2.57. The maximum atomic E-state index is 13.2. The second-order valence-corrected chi connectivity index (χ2v) is 6.81. The number of nitrogens with zero attached hydrogens (tertiary/aromatic N) is 1. The van der Waals surface area contributed by atoms with Crippen LogP contribution in [-0.4, -0.2) is 38.9 Å². The average Bonchev–Trinajstić information content (AvgIpc) is 2.66. The van der Waals surface area contributed by atoms with Crippen molar-refractivity contribution in [1.82, 2.24) is 9.62 Å². The van der Waals surface area contributed by atoms with Crippen LogP contribution in [-0.2, 0) is 10.0 Å². The van der Waals surface area contributed by atoms with Crippen molar-refractivity contribution < 1.29 is 12.8 Å². The summed E-state index contributed by atoms with van der Waals surface area (Å²) in [5, 5.41) is 3.25. The van der Waals surface area contributed by atoms with Crippen molar-refractivity contribution in [2.75, 3.05) is 20.1 Å². The molecule has 1 fully saturated rings. The standard InChI is InChI=1S/C13H19FN2O2S/c1-16(12-5-3-8-15-9-7-12)19(17,18)13-6-2-4-11(14)10-13/h2,4,6,10,12,15H,3,5,7-9H2,1H3/t12-/m0/s1. The van der Waals surface area contributed by atoms with Crippen molar-refractivity contribution in [1.29, 1.82) is 0 Å². The largest absolute Gasteiger partial charge is 0.317 e. The van der Waals surface area contributed by atoms with E-state index in [1.807, 2.05) is 0 Å². The Morgan fingerprint density at radius 3 is 2.84 bits per heavy atom. The second kappa shape index (κ2) is 5.98. The highest BCUT2D eigenvalue weighted by molar-refractivity contribution is 7.89. The number of hydrogen-bond acceptors (Lipinski definition) is 3. The Labute approximate surface area is 113 Å². The van der Waals surface area contributed by atoms with Crippen molar-refractivity contribution in [2.24, 2.45) is 0 Å². The molecule has 0 aromatic heterocycles. The van der Waals surface area contributed by atoms with Crippen LogP contribution in [0.3, 0.4) is 0 Å². The first-order chi connectivity index (χ1) is 9.01. The lowest BCUT2D eigenvalue weighted by Crippen LogP contribution is -2.37. The van der Waals surface area contributed by atoms with Crippen LogP contribution in [0, 0.1) is 5.82 Å². The molecule has 0 bridgehead atoms. The zero-order valence-corrected chi connectivity index (χ0v) is 11.8. The third-order valence-electron chi connectivity index (χ3n) is 3.53. The van der Waals surface area contributed by atoms with E-state index in [1.165, 1.54) is 22.5 Å². The molecule has 1 saturated heterocycles. The third-order valence-corrected chi connectivity index (χ3v) is 5.44. The highest BCUT2D eigenvalue weighted by atomic mass is 32.2. The van der Waals surface area contributed by atoms with E-state index in [0.29, 0.717) is 0 Å². The molecule has 2 rings (SSSR count). The minimum Gasteiger partial charge on any atom is -0.317 e. The molecule has 1 aliphatic heterocycles. The van der Waals surface area contributed by atoms with Gasteiger partial charge < -0.3 is 5.32 Å². The molecule has 0 unspecified atom stereocenters. The Kier molecular flexibility index (Phi) is 4.54. The third kappa shape index (κ3) is 3.32. The summed E-state index contributed by atoms with van der Waals surface area (Å²) in [5.41, 5.74) is 0. The molecule has 19 heavy (non-hydrogen) atoms. The van der Waals surface area contributed by atoms with Crippen LogP contribution >= 0.6 is 0 Å². The minimum absolute atomic E-state index is 0.0206. The molecule has 0 saturated carbocycles. The monoisotopic (exact) mass is 286 g/mol. The summed E-state index contributed by atoms with van der Waals surface area (Å²) in [7, 11) is -2.03. The van der Waals surface area contributed by atoms with Gasteiger partial charge in [-0.25, -0.2) is 12.8 Å². The van der Waals surface area contributed by atoms with Crippen LogP contribution < -0.4 is 5.32 Å². The van der Waals surface area contributed by atoms with Gasteiger partial charge in [-0.1, -0.05) is 6.07 Å². The summed E-state index contributed by atoms with van der Waals surface area (Å²) >= 11 is 0. The van der Waals surface area contributed by atoms with Crippen molar-refractivity contribution in [3.63, 3.8) is 0 Å². The van der Waals surface area contributed by atoms with Crippen LogP contribution in [0.2, 0.25) is 0 Å². The van der Waals surface area contributed by atoms with Crippen LogP contribution in [0.5, 0.6) is 0 Å². The quantitative estimate of drug-likeness (QED) is 0.918. The average molecular weight is 286 g/mol. The van der Waals surface area contributed by atoms with E-state index in [9.17, 15) is 12.8 Å². The van der Waals surface area contributed by atoms with Crippen molar-refractivity contribution in [3.05, 3.63) is 30.1 Å². The van der Waals surface area contributed by atoms with E-state index >= 15 is 0 Å². The predicted octanol–water partition coefficient (Wildman–Crippen LogP) is 1.59. The summed E-state index contributed by atoms with van der Waals surface area (Å²) in [6.45, 7) is 1.73. The zero-order valence-electron chi connectivity index (χ0n) is 11.0. The van der Waals surface area contributed by atoms with E-state index < -0.39 is 15.8 Å². The summed E-state index contributed by atoms with van der Waals surface area (Å²) in [4.78, 5) is 0.0206. The fourth-order valence-electron chi connectivity index (χ4n) is 2.35. The van der Waals surface area contributed by atoms with Gasteiger partial charge in [-0.15, -0.1) is 0 Å². The number of sulfonamides is 1. The first-order valence-electron chi connectivity index (χ1n) is 6.46. The van der Waals surface area contributed by atoms with E-state index in [0.717, 1.165) is 38.4 Å². The predicted molar refractivity (Wildman–Crippen MR) is 71.9 cm³/mol. The van der Waals surface area contributed by atoms with Crippen LogP contribution in [0.1, 0.15) is 19.3 Å². The maximum absolute atomic E-state index is 13.2. The molecule has 0 amide bonds. The molecule has 1 aromatic carbocycles. The van der Waals surface area contributed by atoms with Gasteiger partial charge in [0.25, 0.3) is 0 Å². The molecule has 106 valence electrons. The Morgan fingerprint density at radius 1 is 1.32 bits per heavy atom. The molecule has 0 spiro atoms. The molecule has 1 heterocycles. The number of hydrogen-bond donors (Lipinski definition) is 1. The van der Waals surface area contributed by atoms with Gasteiger partial charge in [-0.3, -0.25) is 0 Å². The van der Waals surface area contributed by atoms with Gasteiger partial charge in [-0.05, 0) is 50.6 Å². The van der Waals surface area contributed by atoms with Gasteiger partial charge in [-0.2, -0.15) is 4.31 Å². The highest BCUT2D eigenvalue weighted by Gasteiger charge is 2.28. The SMILES string of the molecule is CN([C@H]1CCCNCC1)S(=O)(=O)c1cccc(F)c1. The van der Waals surface area contributed by atoms with Gasteiger partial charge in [0.15, 0.2) is 0 Å². The normalized spacial score (nSPS) is 21.3. The lowest BCUT2D eigenvalue weighted by atomic mass is 10.1. The Bertz CT molecular complexity index is 525. The van der Waals surface area contributed by atoms with Gasteiger partial charge in [0.05, 0.1) is 4.90 Å². The van der Waals surface area contributed by atoms with E-state index in [2.05, 4.69) is 5.32 Å². The van der Waals surface area contributed by atoms with Crippen LogP contribution in [0.15, 0.2) is 29.2 Å². The summed E-state index contributed by atoms with van der Waals surface area (Å²) < 4.78 is 39.4. The number of halogens is 1. The summed E-state index contributed by atoms with van der Waals surface area (Å²) in [6, 6.07) is 5.15. The Balaban J connectivity index is 2.23. The Morgan fingerprint density at radius 2 is 2.11 bits per heavy atom. The van der Waals surface area contributed by atoms with E-state index in [1.54, 1.807) is 7.05 Å². The topological polar surface area (TPSA) is 49.4 Å². The molecular weight excluding hydrogens is 267 g/mol. The number of nitrogens with one attached hydrogen (secondary N) is 1.